The van der Waals surface area contributed by atoms with E-state index in [9.17, 15) is 34.5 Å². The van der Waals surface area contributed by atoms with E-state index in [-0.39, 0.29) is 36.7 Å². The van der Waals surface area contributed by atoms with Crippen LogP contribution in [0.4, 0.5) is 0 Å². The van der Waals surface area contributed by atoms with Gasteiger partial charge >= 0.3 is 5.97 Å². The third-order valence-corrected chi connectivity index (χ3v) is 7.43. The quantitative estimate of drug-likeness (QED) is 0.137. The van der Waals surface area contributed by atoms with E-state index < -0.39 is 47.9 Å². The fourth-order valence-electron chi connectivity index (χ4n) is 4.60. The van der Waals surface area contributed by atoms with Crippen molar-refractivity contribution in [3.05, 3.63) is 95.6 Å². The molecule has 0 aliphatic rings. The fraction of sp³-hybridized carbons (Fsp3) is 0.333. The summed E-state index contributed by atoms with van der Waals surface area (Å²) < 4.78 is 0. The van der Waals surface area contributed by atoms with Crippen molar-refractivity contribution < 1.29 is 34.5 Å². The van der Waals surface area contributed by atoms with Gasteiger partial charge in [-0.1, -0.05) is 74.9 Å². The number of hydrogen-bond acceptors (Lipinski definition) is 7. The Balaban J connectivity index is 1.78. The molecule has 0 saturated heterocycles. The number of carbonyl (C=O) groups is 4. The Morgan fingerprint density at radius 1 is 0.659 bits per heavy atom. The Morgan fingerprint density at radius 3 is 1.64 bits per heavy atom. The van der Waals surface area contributed by atoms with Crippen LogP contribution < -0.4 is 21.7 Å². The maximum absolute atomic E-state index is 13.7. The van der Waals surface area contributed by atoms with Crippen molar-refractivity contribution in [3.8, 4) is 11.5 Å². The Morgan fingerprint density at radius 2 is 1.14 bits per heavy atom. The number of nitrogens with two attached hydrogens (primary N) is 1. The third-order valence-electron chi connectivity index (χ3n) is 7.43. The first-order chi connectivity index (χ1) is 21.0. The molecule has 0 heterocycles. The summed E-state index contributed by atoms with van der Waals surface area (Å²) in [6, 6.07) is 16.9. The summed E-state index contributed by atoms with van der Waals surface area (Å²) in [5.41, 5.74) is 8.25. The van der Waals surface area contributed by atoms with E-state index in [4.69, 9.17) is 5.73 Å². The monoisotopic (exact) mass is 604 g/mol. The zero-order chi connectivity index (χ0) is 32.2. The lowest BCUT2D eigenvalue weighted by Crippen LogP contribution is -2.59. The summed E-state index contributed by atoms with van der Waals surface area (Å²) in [5.74, 6) is -3.47. The number of nitrogens with one attached hydrogen (secondary N) is 3. The summed E-state index contributed by atoms with van der Waals surface area (Å²) >= 11 is 0. The summed E-state index contributed by atoms with van der Waals surface area (Å²) in [5, 5.41) is 37.0. The molecule has 0 radical (unpaired) electrons. The van der Waals surface area contributed by atoms with E-state index >= 15 is 0 Å². The van der Waals surface area contributed by atoms with Crippen LogP contribution in [0.15, 0.2) is 78.9 Å². The average Bonchev–Trinajstić information content (AvgIpc) is 3.01. The Bertz CT molecular complexity index is 1400. The average molecular weight is 605 g/mol. The zero-order valence-electron chi connectivity index (χ0n) is 24.8. The number of benzene rings is 3. The Hall–Kier alpha value is -4.90. The maximum Gasteiger partial charge on any atom is 0.326 e. The van der Waals surface area contributed by atoms with Crippen molar-refractivity contribution in [2.24, 2.45) is 11.7 Å². The smallest absolute Gasteiger partial charge is 0.326 e. The highest BCUT2D eigenvalue weighted by Crippen LogP contribution is 2.15. The second kappa shape index (κ2) is 16.1. The summed E-state index contributed by atoms with van der Waals surface area (Å²) in [6.07, 6.45) is 0.742. The van der Waals surface area contributed by atoms with Crippen LogP contribution in [0.5, 0.6) is 11.5 Å². The maximum atomic E-state index is 13.7. The summed E-state index contributed by atoms with van der Waals surface area (Å²) in [7, 11) is 0. The van der Waals surface area contributed by atoms with Crippen molar-refractivity contribution in [1.29, 1.82) is 0 Å². The molecule has 0 aliphatic carbocycles. The van der Waals surface area contributed by atoms with E-state index in [0.717, 1.165) is 5.56 Å². The van der Waals surface area contributed by atoms with E-state index in [1.54, 1.807) is 31.2 Å². The van der Waals surface area contributed by atoms with Gasteiger partial charge in [-0.05, 0) is 53.3 Å². The van der Waals surface area contributed by atoms with Gasteiger partial charge in [-0.3, -0.25) is 14.4 Å². The second-order valence-corrected chi connectivity index (χ2v) is 10.9. The van der Waals surface area contributed by atoms with Crippen molar-refractivity contribution in [3.63, 3.8) is 0 Å². The normalized spacial score (nSPS) is 14.3. The van der Waals surface area contributed by atoms with Gasteiger partial charge in [-0.2, -0.15) is 0 Å². The van der Waals surface area contributed by atoms with Gasteiger partial charge < -0.3 is 37.0 Å². The number of carboxylic acid groups (broad SMARTS) is 1. The standard InChI is InChI=1S/C33H40N4O7/c1-3-20(2)29(32(42)36-28(33(43)44)19-23-11-15-25(39)16-12-23)37-31(41)27(18-22-9-13-24(38)14-10-22)35-30(40)26(34)17-21-7-5-4-6-8-21/h4-16,20,26-29,38-39H,3,17-19,34H2,1-2H3,(H,35,40)(H,36,42)(H,37,41)(H,43,44). The van der Waals surface area contributed by atoms with Crippen LogP contribution >= 0.6 is 0 Å². The molecule has 0 aromatic heterocycles. The molecular weight excluding hydrogens is 564 g/mol. The van der Waals surface area contributed by atoms with Gasteiger partial charge in [0.15, 0.2) is 0 Å². The van der Waals surface area contributed by atoms with Crippen LogP contribution in [0.3, 0.4) is 0 Å². The lowest BCUT2D eigenvalue weighted by molar-refractivity contribution is -0.142. The third kappa shape index (κ3) is 10.1. The number of phenolic OH excluding ortho intramolecular Hbond substituents is 2. The largest absolute Gasteiger partial charge is 0.508 e. The molecular formula is C33H40N4O7. The van der Waals surface area contributed by atoms with Crippen LogP contribution in [0.2, 0.25) is 0 Å². The number of aliphatic carboxylic acids is 1. The molecule has 0 bridgehead atoms. The molecule has 3 amide bonds. The Kier molecular flexibility index (Phi) is 12.3. The first-order valence-corrected chi connectivity index (χ1v) is 14.5. The predicted octanol–water partition coefficient (Wildman–Crippen LogP) is 2.04. The number of carboxylic acids is 1. The van der Waals surface area contributed by atoms with Crippen molar-refractivity contribution >= 4 is 23.7 Å². The number of phenols is 2. The van der Waals surface area contributed by atoms with Gasteiger partial charge in [0, 0.05) is 12.8 Å². The number of aromatic hydroxyl groups is 2. The van der Waals surface area contributed by atoms with Gasteiger partial charge in [-0.25, -0.2) is 4.79 Å². The Labute approximate surface area is 256 Å². The molecule has 0 aliphatic heterocycles. The predicted molar refractivity (Wildman–Crippen MR) is 165 cm³/mol. The minimum absolute atomic E-state index is 0.0270. The molecule has 8 N–H and O–H groups in total. The highest BCUT2D eigenvalue weighted by atomic mass is 16.4. The molecule has 11 heteroatoms. The molecule has 5 unspecified atom stereocenters. The molecule has 11 nitrogen and oxygen atoms in total. The van der Waals surface area contributed by atoms with Gasteiger partial charge in [0.1, 0.15) is 29.6 Å². The molecule has 0 spiro atoms. The van der Waals surface area contributed by atoms with E-state index in [0.29, 0.717) is 17.5 Å². The van der Waals surface area contributed by atoms with Crippen LogP contribution in [0.1, 0.15) is 37.0 Å². The van der Waals surface area contributed by atoms with Gasteiger partial charge in [0.25, 0.3) is 0 Å². The first kappa shape index (κ1) is 33.6. The molecule has 3 rings (SSSR count). The molecule has 0 fully saturated rings. The van der Waals surface area contributed by atoms with Crippen LogP contribution in [0.25, 0.3) is 0 Å². The molecule has 44 heavy (non-hydrogen) atoms. The highest BCUT2D eigenvalue weighted by Gasteiger charge is 2.33. The highest BCUT2D eigenvalue weighted by molar-refractivity contribution is 5.94. The first-order valence-electron chi connectivity index (χ1n) is 14.5. The number of amides is 3. The topological polar surface area (TPSA) is 191 Å². The molecule has 3 aromatic rings. The zero-order valence-corrected chi connectivity index (χ0v) is 24.8. The second-order valence-electron chi connectivity index (χ2n) is 10.9. The SMILES string of the molecule is CCC(C)C(NC(=O)C(Cc1ccc(O)cc1)NC(=O)C(N)Cc1ccccc1)C(=O)NC(Cc1ccc(O)cc1)C(=O)O. The van der Waals surface area contributed by atoms with Crippen LogP contribution in [-0.2, 0) is 38.4 Å². The minimum atomic E-state index is -1.29. The van der Waals surface area contributed by atoms with Gasteiger partial charge in [-0.15, -0.1) is 0 Å². The van der Waals surface area contributed by atoms with Crippen molar-refractivity contribution in [1.82, 2.24) is 16.0 Å². The van der Waals surface area contributed by atoms with E-state index in [1.165, 1.54) is 24.3 Å². The molecule has 0 saturated carbocycles. The lowest BCUT2D eigenvalue weighted by Gasteiger charge is -2.28. The molecule has 3 aromatic carbocycles. The van der Waals surface area contributed by atoms with Gasteiger partial charge in [0.05, 0.1) is 6.04 Å². The number of carbonyl (C=O) groups excluding carboxylic acids is 3. The molecule has 234 valence electrons. The van der Waals surface area contributed by atoms with E-state index in [2.05, 4.69) is 16.0 Å². The van der Waals surface area contributed by atoms with Crippen molar-refractivity contribution in [2.45, 2.75) is 63.7 Å². The van der Waals surface area contributed by atoms with E-state index in [1.807, 2.05) is 37.3 Å². The summed E-state index contributed by atoms with van der Waals surface area (Å²) in [6.45, 7) is 3.59. The van der Waals surface area contributed by atoms with Crippen molar-refractivity contribution in [2.75, 3.05) is 0 Å². The van der Waals surface area contributed by atoms with Gasteiger partial charge in [0.2, 0.25) is 17.7 Å². The minimum Gasteiger partial charge on any atom is -0.508 e. The van der Waals surface area contributed by atoms with Crippen LogP contribution in [0, 0.1) is 5.92 Å². The lowest BCUT2D eigenvalue weighted by atomic mass is 9.96. The van der Waals surface area contributed by atoms with Crippen LogP contribution in [-0.4, -0.2) is 63.2 Å². The number of rotatable bonds is 15. The fourth-order valence-corrected chi connectivity index (χ4v) is 4.60. The molecule has 5 atom stereocenters. The summed E-state index contributed by atoms with van der Waals surface area (Å²) in [4.78, 5) is 52.2. The number of hydrogen-bond donors (Lipinski definition) is 7.